The summed E-state index contributed by atoms with van der Waals surface area (Å²) in [6, 6.07) is 8.99. The van der Waals surface area contributed by atoms with Crippen molar-refractivity contribution in [3.63, 3.8) is 0 Å². The third kappa shape index (κ3) is 2.87. The van der Waals surface area contributed by atoms with Crippen LogP contribution in [0.25, 0.3) is 5.65 Å². The standard InChI is InChI=1S/C15H10BrClIN3O/c1-20(10-4-2-9(17)3-5-10)15(22)11-8-21-13(18)7-19-14(21)6-12(11)16/h2-8H,1H3. The van der Waals surface area contributed by atoms with Crippen molar-refractivity contribution in [1.82, 2.24) is 9.38 Å². The number of carbonyl (C=O) groups excluding carboxylic acids is 1. The van der Waals surface area contributed by atoms with Gasteiger partial charge in [-0.1, -0.05) is 11.6 Å². The molecule has 0 aliphatic rings. The fourth-order valence-electron chi connectivity index (χ4n) is 2.09. The van der Waals surface area contributed by atoms with Crippen molar-refractivity contribution in [3.8, 4) is 0 Å². The van der Waals surface area contributed by atoms with Crippen LogP contribution in [0.1, 0.15) is 10.4 Å². The van der Waals surface area contributed by atoms with Gasteiger partial charge < -0.3 is 4.90 Å². The minimum absolute atomic E-state index is 0.111. The van der Waals surface area contributed by atoms with E-state index in [1.165, 1.54) is 0 Å². The number of halogens is 3. The summed E-state index contributed by atoms with van der Waals surface area (Å²) < 4.78 is 3.55. The van der Waals surface area contributed by atoms with Gasteiger partial charge in [0, 0.05) is 28.4 Å². The van der Waals surface area contributed by atoms with Crippen molar-refractivity contribution in [2.75, 3.05) is 11.9 Å². The molecule has 0 atom stereocenters. The van der Waals surface area contributed by atoms with Crippen molar-refractivity contribution in [2.24, 2.45) is 0 Å². The Labute approximate surface area is 154 Å². The van der Waals surface area contributed by atoms with Crippen molar-refractivity contribution in [3.05, 3.63) is 61.5 Å². The van der Waals surface area contributed by atoms with Gasteiger partial charge in [-0.3, -0.25) is 9.20 Å². The predicted molar refractivity (Wildman–Crippen MR) is 99.8 cm³/mol. The Bertz CT molecular complexity index is 863. The summed E-state index contributed by atoms with van der Waals surface area (Å²) in [5.74, 6) is -0.111. The van der Waals surface area contributed by atoms with E-state index in [9.17, 15) is 4.79 Å². The van der Waals surface area contributed by atoms with Gasteiger partial charge in [0.2, 0.25) is 0 Å². The molecule has 0 fully saturated rings. The molecule has 0 radical (unpaired) electrons. The van der Waals surface area contributed by atoms with Crippen LogP contribution in [0.5, 0.6) is 0 Å². The highest BCUT2D eigenvalue weighted by Gasteiger charge is 2.18. The number of aromatic nitrogens is 2. The maximum Gasteiger partial charge on any atom is 0.260 e. The molecule has 22 heavy (non-hydrogen) atoms. The smallest absolute Gasteiger partial charge is 0.260 e. The lowest BCUT2D eigenvalue weighted by atomic mass is 10.2. The first-order chi connectivity index (χ1) is 10.5. The van der Waals surface area contributed by atoms with E-state index in [1.54, 1.807) is 36.5 Å². The molecule has 0 spiro atoms. The molecule has 3 aromatic rings. The lowest BCUT2D eigenvalue weighted by Gasteiger charge is -2.18. The zero-order valence-corrected chi connectivity index (χ0v) is 15.9. The highest BCUT2D eigenvalue weighted by Crippen LogP contribution is 2.24. The molecular weight excluding hydrogens is 480 g/mol. The van der Waals surface area contributed by atoms with Crippen molar-refractivity contribution in [1.29, 1.82) is 0 Å². The number of pyridine rings is 1. The average molecular weight is 491 g/mol. The second kappa shape index (κ2) is 6.17. The number of amides is 1. The van der Waals surface area contributed by atoms with Gasteiger partial charge in [0.15, 0.2) is 0 Å². The molecule has 0 aliphatic carbocycles. The highest BCUT2D eigenvalue weighted by atomic mass is 127. The molecule has 3 rings (SSSR count). The first-order valence-corrected chi connectivity index (χ1v) is 8.58. The molecule has 0 unspecified atom stereocenters. The molecule has 2 aromatic heterocycles. The van der Waals surface area contributed by atoms with Crippen LogP contribution in [0.2, 0.25) is 5.02 Å². The molecule has 1 amide bonds. The summed E-state index contributed by atoms with van der Waals surface area (Å²) in [4.78, 5) is 18.6. The average Bonchev–Trinajstić information content (AvgIpc) is 2.86. The van der Waals surface area contributed by atoms with E-state index in [1.807, 2.05) is 22.6 Å². The Morgan fingerprint density at radius 2 is 2.05 bits per heavy atom. The fourth-order valence-corrected chi connectivity index (χ4v) is 3.22. The van der Waals surface area contributed by atoms with Crippen LogP contribution < -0.4 is 4.90 Å². The summed E-state index contributed by atoms with van der Waals surface area (Å²) in [6.07, 6.45) is 3.56. The topological polar surface area (TPSA) is 37.6 Å². The summed E-state index contributed by atoms with van der Waals surface area (Å²) in [7, 11) is 1.74. The quantitative estimate of drug-likeness (QED) is 0.492. The lowest BCUT2D eigenvalue weighted by Crippen LogP contribution is -2.26. The Hall–Kier alpha value is -1.12. The maximum absolute atomic E-state index is 12.8. The molecule has 7 heteroatoms. The van der Waals surface area contributed by atoms with E-state index in [0.717, 1.165) is 15.0 Å². The number of anilines is 1. The Balaban J connectivity index is 2.02. The van der Waals surface area contributed by atoms with Crippen molar-refractivity contribution in [2.45, 2.75) is 0 Å². The monoisotopic (exact) mass is 489 g/mol. The molecule has 0 saturated carbocycles. The van der Waals surface area contributed by atoms with Gasteiger partial charge in [-0.15, -0.1) is 0 Å². The third-order valence-corrected chi connectivity index (χ3v) is 5.01. The zero-order chi connectivity index (χ0) is 15.9. The molecule has 112 valence electrons. The Kier molecular flexibility index (Phi) is 4.42. The number of benzene rings is 1. The van der Waals surface area contributed by atoms with Crippen LogP contribution in [0.15, 0.2) is 47.2 Å². The predicted octanol–water partition coefficient (Wildman–Crippen LogP) is 4.63. The van der Waals surface area contributed by atoms with E-state index in [0.29, 0.717) is 15.1 Å². The number of nitrogens with zero attached hydrogens (tertiary/aromatic N) is 3. The van der Waals surface area contributed by atoms with Crippen LogP contribution in [0, 0.1) is 3.70 Å². The highest BCUT2D eigenvalue weighted by molar-refractivity contribution is 14.1. The lowest BCUT2D eigenvalue weighted by molar-refractivity contribution is 0.0992. The van der Waals surface area contributed by atoms with Crippen LogP contribution in [-0.4, -0.2) is 22.3 Å². The molecule has 2 heterocycles. The molecule has 4 nitrogen and oxygen atoms in total. The van der Waals surface area contributed by atoms with E-state index >= 15 is 0 Å². The third-order valence-electron chi connectivity index (χ3n) is 3.30. The molecule has 0 aliphatic heterocycles. The number of carbonyl (C=O) groups is 1. The van der Waals surface area contributed by atoms with Crippen molar-refractivity contribution < 1.29 is 4.79 Å². The fraction of sp³-hybridized carbons (Fsp3) is 0.0667. The minimum atomic E-state index is -0.111. The summed E-state index contributed by atoms with van der Waals surface area (Å²) in [6.45, 7) is 0. The van der Waals surface area contributed by atoms with Gasteiger partial charge in [-0.2, -0.15) is 0 Å². The first-order valence-electron chi connectivity index (χ1n) is 6.33. The second-order valence-corrected chi connectivity index (χ2v) is 7.08. The van der Waals surface area contributed by atoms with Gasteiger partial charge in [0.05, 0.1) is 11.8 Å². The van der Waals surface area contributed by atoms with Crippen molar-refractivity contribution >= 4 is 67.4 Å². The van der Waals surface area contributed by atoms with E-state index in [-0.39, 0.29) is 5.91 Å². The second-order valence-electron chi connectivity index (χ2n) is 4.68. The SMILES string of the molecule is CN(C(=O)c1cn2c(I)cnc2cc1Br)c1ccc(Cl)cc1. The Morgan fingerprint density at radius 3 is 2.73 bits per heavy atom. The molecular formula is C15H10BrClIN3O. The molecule has 0 N–H and O–H groups in total. The van der Waals surface area contributed by atoms with E-state index in [2.05, 4.69) is 43.5 Å². The number of hydrogen-bond donors (Lipinski definition) is 0. The van der Waals surface area contributed by atoms with E-state index in [4.69, 9.17) is 11.6 Å². The normalized spacial score (nSPS) is 10.9. The van der Waals surface area contributed by atoms with Gasteiger partial charge in [-0.25, -0.2) is 4.98 Å². The summed E-state index contributed by atoms with van der Waals surface area (Å²) >= 11 is 11.5. The van der Waals surface area contributed by atoms with Crippen LogP contribution in [-0.2, 0) is 0 Å². The minimum Gasteiger partial charge on any atom is -0.311 e. The number of fused-ring (bicyclic) bond motifs is 1. The van der Waals surface area contributed by atoms with E-state index < -0.39 is 0 Å². The van der Waals surface area contributed by atoms with Crippen LogP contribution >= 0.6 is 50.1 Å². The molecule has 0 saturated heterocycles. The first kappa shape index (κ1) is 15.8. The van der Waals surface area contributed by atoms with Crippen LogP contribution in [0.4, 0.5) is 5.69 Å². The van der Waals surface area contributed by atoms with Crippen LogP contribution in [0.3, 0.4) is 0 Å². The largest absolute Gasteiger partial charge is 0.311 e. The number of rotatable bonds is 2. The summed E-state index contributed by atoms with van der Waals surface area (Å²) in [5.41, 5.74) is 2.14. The summed E-state index contributed by atoms with van der Waals surface area (Å²) in [5, 5.41) is 0.639. The maximum atomic E-state index is 12.8. The molecule has 1 aromatic carbocycles. The number of hydrogen-bond acceptors (Lipinski definition) is 2. The van der Waals surface area contributed by atoms with Gasteiger partial charge >= 0.3 is 0 Å². The van der Waals surface area contributed by atoms with Gasteiger partial charge in [0.1, 0.15) is 9.35 Å². The zero-order valence-electron chi connectivity index (χ0n) is 11.4. The van der Waals surface area contributed by atoms with Gasteiger partial charge in [-0.05, 0) is 68.9 Å². The number of imidazole rings is 1. The Morgan fingerprint density at radius 1 is 1.36 bits per heavy atom. The van der Waals surface area contributed by atoms with Gasteiger partial charge in [0.25, 0.3) is 5.91 Å². The molecule has 0 bridgehead atoms.